The Balaban J connectivity index is 3.04. The van der Waals surface area contributed by atoms with Gasteiger partial charge in [-0.25, -0.2) is 9.59 Å². The molecule has 102 valence electrons. The number of hydrogen-bond donors (Lipinski definition) is 3. The monoisotopic (exact) mass is 267 g/mol. The molecule has 0 aromatic heterocycles. The number of hydrogen-bond acceptors (Lipinski definition) is 7. The first kappa shape index (κ1) is 14.4. The second-order valence-electron chi connectivity index (χ2n) is 3.40. The number of ether oxygens (including phenoxy) is 2. The molecule has 0 spiro atoms. The van der Waals surface area contributed by atoms with E-state index in [2.05, 4.69) is 14.8 Å². The lowest BCUT2D eigenvalue weighted by atomic mass is 10.2. The summed E-state index contributed by atoms with van der Waals surface area (Å²) in [6.45, 7) is 0. The first-order chi connectivity index (χ1) is 8.97. The Morgan fingerprint density at radius 3 is 2.42 bits per heavy atom. The molecule has 0 amide bonds. The quantitative estimate of drug-likeness (QED) is 0.320. The number of esters is 2. The lowest BCUT2D eigenvalue weighted by molar-refractivity contribution is -0.138. The van der Waals surface area contributed by atoms with Gasteiger partial charge in [-0.2, -0.15) is 0 Å². The minimum Gasteiger partial charge on any atom is -0.508 e. The van der Waals surface area contributed by atoms with Crippen molar-refractivity contribution >= 4 is 17.6 Å². The standard InChI is InChI=1S/C12H13NO6/c1-18-11(16)6-9(12(17)19-2)13-8-4-3-7(14)5-10(8)15/h3-6,13-15H,1-2H3/b9-6+. The van der Waals surface area contributed by atoms with Gasteiger partial charge in [0.15, 0.2) is 0 Å². The summed E-state index contributed by atoms with van der Waals surface area (Å²) in [5.41, 5.74) is -0.0892. The molecule has 0 saturated heterocycles. The van der Waals surface area contributed by atoms with Gasteiger partial charge >= 0.3 is 11.9 Å². The van der Waals surface area contributed by atoms with Gasteiger partial charge in [-0.15, -0.1) is 0 Å². The Hall–Kier alpha value is -2.70. The van der Waals surface area contributed by atoms with Crippen molar-refractivity contribution in [3.63, 3.8) is 0 Å². The third kappa shape index (κ3) is 3.91. The van der Waals surface area contributed by atoms with E-state index < -0.39 is 11.9 Å². The number of nitrogens with one attached hydrogen (secondary N) is 1. The molecule has 3 N–H and O–H groups in total. The van der Waals surface area contributed by atoms with E-state index in [0.29, 0.717) is 0 Å². The van der Waals surface area contributed by atoms with Gasteiger partial charge < -0.3 is 25.0 Å². The topological polar surface area (TPSA) is 105 Å². The fourth-order valence-corrected chi connectivity index (χ4v) is 1.20. The van der Waals surface area contributed by atoms with Gasteiger partial charge in [-0.3, -0.25) is 0 Å². The summed E-state index contributed by atoms with van der Waals surface area (Å²) in [5.74, 6) is -2.00. The van der Waals surface area contributed by atoms with Gasteiger partial charge in [0.2, 0.25) is 0 Å². The lowest BCUT2D eigenvalue weighted by Gasteiger charge is -2.10. The minimum absolute atomic E-state index is 0.123. The van der Waals surface area contributed by atoms with Crippen LogP contribution < -0.4 is 5.32 Å². The molecule has 0 aliphatic carbocycles. The highest BCUT2D eigenvalue weighted by atomic mass is 16.5. The normalized spacial score (nSPS) is 10.7. The molecule has 0 fully saturated rings. The van der Waals surface area contributed by atoms with Crippen molar-refractivity contribution in [2.45, 2.75) is 0 Å². The second kappa shape index (κ2) is 6.29. The molecule has 0 heterocycles. The number of carbonyl (C=O) groups is 2. The predicted octanol–water partition coefficient (Wildman–Crippen LogP) is 0.740. The number of aromatic hydroxyl groups is 2. The maximum absolute atomic E-state index is 11.5. The number of phenolic OH excluding ortho intramolecular Hbond substituents is 2. The minimum atomic E-state index is -0.808. The highest BCUT2D eigenvalue weighted by Crippen LogP contribution is 2.28. The number of anilines is 1. The zero-order valence-corrected chi connectivity index (χ0v) is 10.3. The Kier molecular flexibility index (Phi) is 4.76. The van der Waals surface area contributed by atoms with Crippen LogP contribution in [0.5, 0.6) is 11.5 Å². The fraction of sp³-hybridized carbons (Fsp3) is 0.167. The van der Waals surface area contributed by atoms with Crippen LogP contribution in [0, 0.1) is 0 Å². The predicted molar refractivity (Wildman–Crippen MR) is 65.5 cm³/mol. The van der Waals surface area contributed by atoms with Crippen LogP contribution in [0.25, 0.3) is 0 Å². The number of rotatable bonds is 4. The van der Waals surface area contributed by atoms with Crippen LogP contribution >= 0.6 is 0 Å². The molecule has 0 atom stereocenters. The summed E-state index contributed by atoms with van der Waals surface area (Å²) in [6, 6.07) is 3.71. The van der Waals surface area contributed by atoms with E-state index in [0.717, 1.165) is 26.4 Å². The third-order valence-electron chi connectivity index (χ3n) is 2.12. The third-order valence-corrected chi connectivity index (χ3v) is 2.12. The first-order valence-corrected chi connectivity index (χ1v) is 5.15. The molecule has 0 aliphatic rings. The molecule has 0 radical (unpaired) electrons. The van der Waals surface area contributed by atoms with Crippen molar-refractivity contribution < 1.29 is 29.3 Å². The van der Waals surface area contributed by atoms with Gasteiger partial charge in [0.25, 0.3) is 0 Å². The maximum atomic E-state index is 11.5. The zero-order valence-electron chi connectivity index (χ0n) is 10.3. The van der Waals surface area contributed by atoms with Crippen molar-refractivity contribution in [1.82, 2.24) is 0 Å². The van der Waals surface area contributed by atoms with E-state index in [1.54, 1.807) is 0 Å². The molecule has 0 bridgehead atoms. The SMILES string of the molecule is COC(=O)/C=C(/Nc1ccc(O)cc1O)C(=O)OC. The van der Waals surface area contributed by atoms with E-state index in [-0.39, 0.29) is 22.9 Å². The number of carbonyl (C=O) groups excluding carboxylic acids is 2. The highest BCUT2D eigenvalue weighted by Gasteiger charge is 2.14. The van der Waals surface area contributed by atoms with Crippen LogP contribution in [-0.4, -0.2) is 36.4 Å². The van der Waals surface area contributed by atoms with Crippen LogP contribution in [0.1, 0.15) is 0 Å². The Morgan fingerprint density at radius 2 is 1.89 bits per heavy atom. The molecular weight excluding hydrogens is 254 g/mol. The Labute approximate surface area is 109 Å². The van der Waals surface area contributed by atoms with Crippen LogP contribution in [0.4, 0.5) is 5.69 Å². The van der Waals surface area contributed by atoms with E-state index in [1.165, 1.54) is 12.1 Å². The lowest BCUT2D eigenvalue weighted by Crippen LogP contribution is -2.15. The first-order valence-electron chi connectivity index (χ1n) is 5.15. The molecule has 19 heavy (non-hydrogen) atoms. The van der Waals surface area contributed by atoms with Gasteiger partial charge in [-0.05, 0) is 12.1 Å². The van der Waals surface area contributed by atoms with Crippen molar-refractivity contribution in [2.24, 2.45) is 0 Å². The zero-order chi connectivity index (χ0) is 14.4. The van der Waals surface area contributed by atoms with Crippen LogP contribution in [0.3, 0.4) is 0 Å². The highest BCUT2D eigenvalue weighted by molar-refractivity contribution is 5.99. The van der Waals surface area contributed by atoms with Gasteiger partial charge in [0.1, 0.15) is 17.2 Å². The largest absolute Gasteiger partial charge is 0.508 e. The second-order valence-corrected chi connectivity index (χ2v) is 3.40. The molecule has 0 saturated carbocycles. The Morgan fingerprint density at radius 1 is 1.21 bits per heavy atom. The molecule has 0 unspecified atom stereocenters. The van der Waals surface area contributed by atoms with Crippen molar-refractivity contribution in [3.8, 4) is 11.5 Å². The molecule has 1 rings (SSSR count). The summed E-state index contributed by atoms with van der Waals surface area (Å²) in [7, 11) is 2.30. The summed E-state index contributed by atoms with van der Waals surface area (Å²) in [6.07, 6.45) is 0.887. The molecule has 0 aliphatic heterocycles. The summed E-state index contributed by atoms with van der Waals surface area (Å²) in [4.78, 5) is 22.6. The van der Waals surface area contributed by atoms with Crippen LogP contribution in [-0.2, 0) is 19.1 Å². The van der Waals surface area contributed by atoms with Crippen molar-refractivity contribution in [1.29, 1.82) is 0 Å². The van der Waals surface area contributed by atoms with Gasteiger partial charge in [-0.1, -0.05) is 0 Å². The number of methoxy groups -OCH3 is 2. The van der Waals surface area contributed by atoms with Gasteiger partial charge in [0.05, 0.1) is 26.0 Å². The fourth-order valence-electron chi connectivity index (χ4n) is 1.20. The maximum Gasteiger partial charge on any atom is 0.354 e. The molecule has 1 aromatic rings. The molecule has 7 heteroatoms. The smallest absolute Gasteiger partial charge is 0.354 e. The Bertz CT molecular complexity index is 523. The van der Waals surface area contributed by atoms with E-state index in [9.17, 15) is 14.7 Å². The van der Waals surface area contributed by atoms with Crippen molar-refractivity contribution in [2.75, 3.05) is 19.5 Å². The van der Waals surface area contributed by atoms with E-state index in [4.69, 9.17) is 5.11 Å². The van der Waals surface area contributed by atoms with Gasteiger partial charge in [0, 0.05) is 6.07 Å². The van der Waals surface area contributed by atoms with E-state index in [1.807, 2.05) is 0 Å². The summed E-state index contributed by atoms with van der Waals surface area (Å²) < 4.78 is 8.88. The number of benzene rings is 1. The summed E-state index contributed by atoms with van der Waals surface area (Å²) >= 11 is 0. The van der Waals surface area contributed by atoms with Crippen LogP contribution in [0.15, 0.2) is 30.0 Å². The average molecular weight is 267 g/mol. The molecular formula is C12H13NO6. The van der Waals surface area contributed by atoms with Crippen LogP contribution in [0.2, 0.25) is 0 Å². The van der Waals surface area contributed by atoms with Crippen molar-refractivity contribution in [3.05, 3.63) is 30.0 Å². The molecule has 7 nitrogen and oxygen atoms in total. The number of phenols is 2. The summed E-state index contributed by atoms with van der Waals surface area (Å²) in [5, 5.41) is 21.2. The molecule has 1 aromatic carbocycles. The average Bonchev–Trinajstić information content (AvgIpc) is 2.39. The van der Waals surface area contributed by atoms with E-state index >= 15 is 0 Å².